The van der Waals surface area contributed by atoms with Crippen LogP contribution >= 0.6 is 0 Å². The average molecular weight is 221 g/mol. The van der Waals surface area contributed by atoms with Gasteiger partial charge in [-0.05, 0) is 45.1 Å². The third-order valence-corrected chi connectivity index (χ3v) is 3.56. The highest BCUT2D eigenvalue weighted by Gasteiger charge is 2.36. The van der Waals surface area contributed by atoms with Crippen molar-refractivity contribution in [2.45, 2.75) is 51.2 Å². The Morgan fingerprint density at radius 3 is 2.12 bits per heavy atom. The summed E-state index contributed by atoms with van der Waals surface area (Å²) in [6.07, 6.45) is 2.72. The molecule has 0 aromatic heterocycles. The first kappa shape index (κ1) is 11.6. The van der Waals surface area contributed by atoms with Crippen molar-refractivity contribution in [3.63, 3.8) is 0 Å². The molecule has 2 rings (SSSR count). The number of benzene rings is 1. The third kappa shape index (κ3) is 2.27. The molecule has 1 saturated carbocycles. The lowest BCUT2D eigenvalue weighted by molar-refractivity contribution is 0.0978. The van der Waals surface area contributed by atoms with Crippen molar-refractivity contribution in [3.05, 3.63) is 34.9 Å². The number of hydrogen-bond donors (Lipinski definition) is 1. The fraction of sp³-hybridized carbons (Fsp3) is 0.571. The quantitative estimate of drug-likeness (QED) is 0.773. The molecule has 1 aliphatic carbocycles. The van der Waals surface area contributed by atoms with Gasteiger partial charge in [0, 0.05) is 6.04 Å². The van der Waals surface area contributed by atoms with Crippen LogP contribution in [0.3, 0.4) is 0 Å². The van der Waals surface area contributed by atoms with E-state index in [1.165, 1.54) is 0 Å². The highest BCUT2D eigenvalue weighted by Crippen LogP contribution is 2.40. The van der Waals surface area contributed by atoms with E-state index in [1.54, 1.807) is 0 Å². The summed E-state index contributed by atoms with van der Waals surface area (Å²) < 4.78 is 14.8. The Bertz CT molecular complexity index is 358. The molecule has 16 heavy (non-hydrogen) atoms. The molecule has 0 spiro atoms. The minimum Gasteiger partial charge on any atom is -0.328 e. The summed E-state index contributed by atoms with van der Waals surface area (Å²) in [6, 6.07) is 6.23. The van der Waals surface area contributed by atoms with Gasteiger partial charge in [-0.15, -0.1) is 0 Å². The zero-order chi connectivity index (χ0) is 11.8. The van der Waals surface area contributed by atoms with Crippen LogP contribution < -0.4 is 5.73 Å². The van der Waals surface area contributed by atoms with Crippen LogP contribution in [0, 0.1) is 13.8 Å². The number of nitrogens with two attached hydrogens (primary N) is 1. The molecule has 88 valence electrons. The molecule has 0 heterocycles. The Morgan fingerprint density at radius 1 is 1.12 bits per heavy atom. The molecule has 1 aliphatic rings. The van der Waals surface area contributed by atoms with Crippen LogP contribution in [0.5, 0.6) is 0 Å². The molecule has 2 heteroatoms. The monoisotopic (exact) mass is 221 g/mol. The van der Waals surface area contributed by atoms with Crippen LogP contribution in [0.2, 0.25) is 0 Å². The van der Waals surface area contributed by atoms with Crippen LogP contribution in [0.25, 0.3) is 0 Å². The SMILES string of the molecule is Cc1cc(C)cc(C2(F)CCC(N)CC2)c1. The second-order valence-corrected chi connectivity index (χ2v) is 5.18. The fourth-order valence-electron chi connectivity index (χ4n) is 2.62. The molecule has 2 N–H and O–H groups in total. The van der Waals surface area contributed by atoms with Gasteiger partial charge in [0.05, 0.1) is 0 Å². The molecule has 1 fully saturated rings. The molecular formula is C14H20FN. The molecule has 0 amide bonds. The lowest BCUT2D eigenvalue weighted by Crippen LogP contribution is -2.34. The van der Waals surface area contributed by atoms with Gasteiger partial charge in [-0.2, -0.15) is 0 Å². The van der Waals surface area contributed by atoms with Crippen molar-refractivity contribution < 1.29 is 4.39 Å². The summed E-state index contributed by atoms with van der Waals surface area (Å²) >= 11 is 0. The van der Waals surface area contributed by atoms with E-state index in [2.05, 4.69) is 6.07 Å². The van der Waals surface area contributed by atoms with Gasteiger partial charge in [0.25, 0.3) is 0 Å². The van der Waals surface area contributed by atoms with Crippen LogP contribution in [-0.2, 0) is 5.67 Å². The minimum absolute atomic E-state index is 0.190. The van der Waals surface area contributed by atoms with Gasteiger partial charge < -0.3 is 5.73 Å². The maximum Gasteiger partial charge on any atom is 0.136 e. The van der Waals surface area contributed by atoms with Gasteiger partial charge in [0.2, 0.25) is 0 Å². The number of halogens is 1. The highest BCUT2D eigenvalue weighted by molar-refractivity contribution is 5.33. The normalized spacial score (nSPS) is 30.4. The molecule has 0 radical (unpaired) electrons. The number of aryl methyl sites for hydroxylation is 2. The Labute approximate surface area is 96.9 Å². The van der Waals surface area contributed by atoms with E-state index in [0.717, 1.165) is 29.5 Å². The van der Waals surface area contributed by atoms with E-state index in [-0.39, 0.29) is 6.04 Å². The molecule has 0 aliphatic heterocycles. The number of rotatable bonds is 1. The highest BCUT2D eigenvalue weighted by atomic mass is 19.1. The summed E-state index contributed by atoms with van der Waals surface area (Å²) in [4.78, 5) is 0. The predicted molar refractivity (Wildman–Crippen MR) is 65.1 cm³/mol. The van der Waals surface area contributed by atoms with Crippen molar-refractivity contribution in [2.24, 2.45) is 5.73 Å². The van der Waals surface area contributed by atoms with Crippen LogP contribution in [-0.4, -0.2) is 6.04 Å². The van der Waals surface area contributed by atoms with Gasteiger partial charge >= 0.3 is 0 Å². The van der Waals surface area contributed by atoms with Crippen LogP contribution in [0.15, 0.2) is 18.2 Å². The molecular weight excluding hydrogens is 201 g/mol. The van der Waals surface area contributed by atoms with E-state index in [1.807, 2.05) is 26.0 Å². The van der Waals surface area contributed by atoms with Gasteiger partial charge in [0.1, 0.15) is 5.67 Å². The summed E-state index contributed by atoms with van der Waals surface area (Å²) in [7, 11) is 0. The first-order valence-corrected chi connectivity index (χ1v) is 6.03. The topological polar surface area (TPSA) is 26.0 Å². The maximum atomic E-state index is 14.8. The lowest BCUT2D eigenvalue weighted by Gasteiger charge is -2.33. The maximum absolute atomic E-state index is 14.8. The number of hydrogen-bond acceptors (Lipinski definition) is 1. The predicted octanol–water partition coefficient (Wildman–Crippen LogP) is 3.37. The van der Waals surface area contributed by atoms with E-state index >= 15 is 0 Å². The molecule has 1 aromatic rings. The van der Waals surface area contributed by atoms with Gasteiger partial charge in [-0.25, -0.2) is 4.39 Å². The lowest BCUT2D eigenvalue weighted by atomic mass is 9.78. The Morgan fingerprint density at radius 2 is 1.62 bits per heavy atom. The van der Waals surface area contributed by atoms with Gasteiger partial charge in [0.15, 0.2) is 0 Å². The second kappa shape index (κ2) is 4.17. The fourth-order valence-corrected chi connectivity index (χ4v) is 2.62. The Balaban J connectivity index is 2.28. The zero-order valence-corrected chi connectivity index (χ0v) is 10.1. The van der Waals surface area contributed by atoms with Crippen LogP contribution in [0.4, 0.5) is 4.39 Å². The molecule has 0 atom stereocenters. The van der Waals surface area contributed by atoms with Gasteiger partial charge in [-0.1, -0.05) is 29.3 Å². The van der Waals surface area contributed by atoms with Crippen molar-refractivity contribution >= 4 is 0 Å². The zero-order valence-electron chi connectivity index (χ0n) is 10.1. The summed E-state index contributed by atoms with van der Waals surface area (Å²) in [5.41, 5.74) is 7.81. The standard InChI is InChI=1S/C14H20FN/c1-10-7-11(2)9-12(8-10)14(15)5-3-13(16)4-6-14/h7-9,13H,3-6,16H2,1-2H3. The molecule has 0 bridgehead atoms. The summed E-state index contributed by atoms with van der Waals surface area (Å²) in [6.45, 7) is 4.04. The van der Waals surface area contributed by atoms with Crippen molar-refractivity contribution in [1.29, 1.82) is 0 Å². The molecule has 1 nitrogen and oxygen atoms in total. The van der Waals surface area contributed by atoms with Crippen molar-refractivity contribution in [3.8, 4) is 0 Å². The minimum atomic E-state index is -1.15. The second-order valence-electron chi connectivity index (χ2n) is 5.18. The van der Waals surface area contributed by atoms with Gasteiger partial charge in [-0.3, -0.25) is 0 Å². The average Bonchev–Trinajstić information content (AvgIpc) is 2.21. The third-order valence-electron chi connectivity index (χ3n) is 3.56. The Kier molecular flexibility index (Phi) is 3.02. The molecule has 0 saturated heterocycles. The van der Waals surface area contributed by atoms with Crippen LogP contribution in [0.1, 0.15) is 42.4 Å². The Hall–Kier alpha value is -0.890. The summed E-state index contributed by atoms with van der Waals surface area (Å²) in [5, 5.41) is 0. The largest absolute Gasteiger partial charge is 0.328 e. The summed E-state index contributed by atoms with van der Waals surface area (Å²) in [5.74, 6) is 0. The smallest absolute Gasteiger partial charge is 0.136 e. The number of alkyl halides is 1. The van der Waals surface area contributed by atoms with E-state index in [4.69, 9.17) is 5.73 Å². The van der Waals surface area contributed by atoms with Crippen molar-refractivity contribution in [2.75, 3.05) is 0 Å². The molecule has 0 unspecified atom stereocenters. The van der Waals surface area contributed by atoms with E-state index < -0.39 is 5.67 Å². The molecule has 1 aromatic carbocycles. The van der Waals surface area contributed by atoms with E-state index in [0.29, 0.717) is 12.8 Å². The first-order valence-electron chi connectivity index (χ1n) is 6.03. The van der Waals surface area contributed by atoms with Crippen molar-refractivity contribution in [1.82, 2.24) is 0 Å². The van der Waals surface area contributed by atoms with E-state index in [9.17, 15) is 4.39 Å². The first-order chi connectivity index (χ1) is 7.49.